The van der Waals surface area contributed by atoms with E-state index in [4.69, 9.17) is 16.3 Å². The molecule has 0 saturated carbocycles. The minimum atomic E-state index is -1.00. The molecular formula is C12H13NO3. The molecule has 1 aromatic heterocycles. The van der Waals surface area contributed by atoms with Gasteiger partial charge in [-0.25, -0.2) is 9.78 Å². The third-order valence-electron chi connectivity index (χ3n) is 1.96. The van der Waals surface area contributed by atoms with Gasteiger partial charge in [-0.05, 0) is 12.0 Å². The van der Waals surface area contributed by atoms with Crippen LogP contribution in [-0.2, 0) is 0 Å². The van der Waals surface area contributed by atoms with E-state index in [-0.39, 0.29) is 24.0 Å². The molecule has 1 rings (SSSR count). The van der Waals surface area contributed by atoms with Crippen LogP contribution in [0.15, 0.2) is 12.1 Å². The Labute approximate surface area is 94.3 Å². The first-order valence-electron chi connectivity index (χ1n) is 4.86. The molecule has 0 spiro atoms. The Morgan fingerprint density at radius 1 is 1.62 bits per heavy atom. The molecular weight excluding hydrogens is 206 g/mol. The molecule has 0 saturated heterocycles. The molecule has 0 amide bonds. The van der Waals surface area contributed by atoms with Crippen LogP contribution in [0.5, 0.6) is 5.88 Å². The van der Waals surface area contributed by atoms with E-state index in [0.717, 1.165) is 0 Å². The van der Waals surface area contributed by atoms with Gasteiger partial charge in [-0.15, -0.1) is 6.42 Å². The molecule has 4 heteroatoms. The number of ether oxygens (including phenoxy) is 1. The van der Waals surface area contributed by atoms with Gasteiger partial charge < -0.3 is 9.84 Å². The quantitative estimate of drug-likeness (QED) is 0.786. The van der Waals surface area contributed by atoms with Crippen molar-refractivity contribution in [2.24, 2.45) is 0 Å². The van der Waals surface area contributed by atoms with Gasteiger partial charge in [0.05, 0.1) is 5.56 Å². The zero-order valence-electron chi connectivity index (χ0n) is 9.23. The van der Waals surface area contributed by atoms with Crippen LogP contribution in [0.25, 0.3) is 0 Å². The summed E-state index contributed by atoms with van der Waals surface area (Å²) < 4.78 is 5.13. The van der Waals surface area contributed by atoms with Crippen molar-refractivity contribution in [1.82, 2.24) is 4.98 Å². The van der Waals surface area contributed by atoms with Crippen LogP contribution in [0, 0.1) is 12.3 Å². The van der Waals surface area contributed by atoms with Crippen molar-refractivity contribution in [1.29, 1.82) is 0 Å². The molecule has 16 heavy (non-hydrogen) atoms. The summed E-state index contributed by atoms with van der Waals surface area (Å²) in [6, 6.07) is 2.90. The topological polar surface area (TPSA) is 59.4 Å². The first-order valence-corrected chi connectivity index (χ1v) is 4.86. The summed E-state index contributed by atoms with van der Waals surface area (Å²) in [4.78, 5) is 15.0. The van der Waals surface area contributed by atoms with Gasteiger partial charge in [0.15, 0.2) is 6.61 Å². The normalized spacial score (nSPS) is 9.88. The Hall–Kier alpha value is -2.02. The van der Waals surface area contributed by atoms with Crippen LogP contribution in [0.2, 0.25) is 0 Å². The number of carboxylic acids is 1. The molecule has 0 unspecified atom stereocenters. The molecule has 0 aliphatic carbocycles. The standard InChI is InChI=1S/C12H13NO3/c1-4-5-16-11-7-9(12(14)15)6-10(13-11)8(2)3/h1,6-8H,5H2,2-3H3,(H,14,15). The fraction of sp³-hybridized carbons (Fsp3) is 0.333. The molecule has 0 atom stereocenters. The maximum atomic E-state index is 10.9. The molecule has 0 aliphatic heterocycles. The van der Waals surface area contributed by atoms with Crippen molar-refractivity contribution < 1.29 is 14.6 Å². The number of pyridine rings is 1. The highest BCUT2D eigenvalue weighted by Crippen LogP contribution is 2.18. The fourth-order valence-electron chi connectivity index (χ4n) is 1.13. The van der Waals surface area contributed by atoms with E-state index in [9.17, 15) is 4.79 Å². The molecule has 1 heterocycles. The van der Waals surface area contributed by atoms with E-state index in [0.29, 0.717) is 5.69 Å². The van der Waals surface area contributed by atoms with Gasteiger partial charge in [0.2, 0.25) is 5.88 Å². The van der Waals surface area contributed by atoms with Gasteiger partial charge in [-0.1, -0.05) is 19.8 Å². The third kappa shape index (κ3) is 2.99. The second kappa shape index (κ2) is 5.17. The van der Waals surface area contributed by atoms with E-state index in [2.05, 4.69) is 10.9 Å². The summed E-state index contributed by atoms with van der Waals surface area (Å²) in [6.45, 7) is 3.94. The monoisotopic (exact) mass is 219 g/mol. The van der Waals surface area contributed by atoms with Gasteiger partial charge in [0, 0.05) is 11.8 Å². The lowest BCUT2D eigenvalue weighted by molar-refractivity contribution is 0.0696. The number of hydrogen-bond acceptors (Lipinski definition) is 3. The van der Waals surface area contributed by atoms with Gasteiger partial charge in [-0.3, -0.25) is 0 Å². The lowest BCUT2D eigenvalue weighted by atomic mass is 10.1. The average Bonchev–Trinajstić information content (AvgIpc) is 2.25. The number of aromatic carboxylic acids is 1. The Balaban J connectivity index is 3.09. The van der Waals surface area contributed by atoms with E-state index in [1.54, 1.807) is 0 Å². The van der Waals surface area contributed by atoms with Crippen LogP contribution in [0.1, 0.15) is 35.8 Å². The second-order valence-corrected chi connectivity index (χ2v) is 3.57. The Kier molecular flexibility index (Phi) is 3.90. The second-order valence-electron chi connectivity index (χ2n) is 3.57. The fourth-order valence-corrected chi connectivity index (χ4v) is 1.13. The highest BCUT2D eigenvalue weighted by molar-refractivity contribution is 5.88. The zero-order valence-corrected chi connectivity index (χ0v) is 9.23. The Bertz CT molecular complexity index is 432. The lowest BCUT2D eigenvalue weighted by Gasteiger charge is -2.09. The third-order valence-corrected chi connectivity index (χ3v) is 1.96. The predicted octanol–water partition coefficient (Wildman–Crippen LogP) is 1.92. The summed E-state index contributed by atoms with van der Waals surface area (Å²) in [5.41, 5.74) is 0.831. The number of carbonyl (C=O) groups is 1. The highest BCUT2D eigenvalue weighted by atomic mass is 16.5. The van der Waals surface area contributed by atoms with E-state index in [1.807, 2.05) is 13.8 Å². The number of nitrogens with zero attached hydrogens (tertiary/aromatic N) is 1. The largest absolute Gasteiger partial charge is 0.478 e. The molecule has 1 N–H and O–H groups in total. The lowest BCUT2D eigenvalue weighted by Crippen LogP contribution is -2.05. The summed E-state index contributed by atoms with van der Waals surface area (Å²) in [5.74, 6) is 1.68. The summed E-state index contributed by atoms with van der Waals surface area (Å²) in [7, 11) is 0. The summed E-state index contributed by atoms with van der Waals surface area (Å²) >= 11 is 0. The maximum absolute atomic E-state index is 10.9. The number of rotatable bonds is 4. The first-order chi connectivity index (χ1) is 7.54. The molecule has 0 bridgehead atoms. The number of terminal acetylenes is 1. The average molecular weight is 219 g/mol. The molecule has 4 nitrogen and oxygen atoms in total. The highest BCUT2D eigenvalue weighted by Gasteiger charge is 2.11. The van der Waals surface area contributed by atoms with Crippen LogP contribution >= 0.6 is 0 Å². The van der Waals surface area contributed by atoms with Crippen molar-refractivity contribution in [2.75, 3.05) is 6.61 Å². The molecule has 1 aromatic rings. The Morgan fingerprint density at radius 3 is 2.81 bits per heavy atom. The van der Waals surface area contributed by atoms with Gasteiger partial charge in [0.25, 0.3) is 0 Å². The molecule has 84 valence electrons. The first kappa shape index (κ1) is 12.1. The predicted molar refractivity (Wildman–Crippen MR) is 59.6 cm³/mol. The minimum absolute atomic E-state index is 0.0770. The van der Waals surface area contributed by atoms with Crippen LogP contribution in [-0.4, -0.2) is 22.7 Å². The van der Waals surface area contributed by atoms with E-state index >= 15 is 0 Å². The number of hydrogen-bond donors (Lipinski definition) is 1. The SMILES string of the molecule is C#CCOc1cc(C(=O)O)cc(C(C)C)n1. The maximum Gasteiger partial charge on any atom is 0.335 e. The summed E-state index contributed by atoms with van der Waals surface area (Å²) in [6.07, 6.45) is 5.05. The van der Waals surface area contributed by atoms with Crippen molar-refractivity contribution in [3.63, 3.8) is 0 Å². The van der Waals surface area contributed by atoms with Crippen LogP contribution < -0.4 is 4.74 Å². The number of carboxylic acid groups (broad SMARTS) is 1. The van der Waals surface area contributed by atoms with Crippen molar-refractivity contribution in [3.8, 4) is 18.2 Å². The van der Waals surface area contributed by atoms with Crippen LogP contribution in [0.4, 0.5) is 0 Å². The summed E-state index contributed by atoms with van der Waals surface area (Å²) in [5, 5.41) is 8.92. The molecule has 0 fully saturated rings. The molecule has 0 radical (unpaired) electrons. The van der Waals surface area contributed by atoms with Gasteiger partial charge >= 0.3 is 5.97 Å². The van der Waals surface area contributed by atoms with E-state index < -0.39 is 5.97 Å². The van der Waals surface area contributed by atoms with Crippen molar-refractivity contribution in [3.05, 3.63) is 23.4 Å². The Morgan fingerprint density at radius 2 is 2.31 bits per heavy atom. The molecule has 0 aromatic carbocycles. The van der Waals surface area contributed by atoms with E-state index in [1.165, 1.54) is 12.1 Å². The van der Waals surface area contributed by atoms with Crippen LogP contribution in [0.3, 0.4) is 0 Å². The molecule has 0 aliphatic rings. The smallest absolute Gasteiger partial charge is 0.335 e. The minimum Gasteiger partial charge on any atom is -0.478 e. The van der Waals surface area contributed by atoms with Gasteiger partial charge in [-0.2, -0.15) is 0 Å². The van der Waals surface area contributed by atoms with Gasteiger partial charge in [0.1, 0.15) is 0 Å². The van der Waals surface area contributed by atoms with Crippen molar-refractivity contribution >= 4 is 5.97 Å². The number of aromatic nitrogens is 1. The van der Waals surface area contributed by atoms with Crippen molar-refractivity contribution in [2.45, 2.75) is 19.8 Å². The zero-order chi connectivity index (χ0) is 12.1.